The highest BCUT2D eigenvalue weighted by molar-refractivity contribution is 8.13. The van der Waals surface area contributed by atoms with Crippen LogP contribution in [-0.4, -0.2) is 10.1 Å². The minimum atomic E-state index is -0.170. The summed E-state index contributed by atoms with van der Waals surface area (Å²) in [6, 6.07) is 7.37. The van der Waals surface area contributed by atoms with Crippen molar-refractivity contribution >= 4 is 28.0 Å². The predicted molar refractivity (Wildman–Crippen MR) is 55.1 cm³/mol. The van der Waals surface area contributed by atoms with E-state index in [1.54, 1.807) is 0 Å². The van der Waals surface area contributed by atoms with Gasteiger partial charge in [0.25, 0.3) is 5.22 Å². The van der Waals surface area contributed by atoms with Gasteiger partial charge in [0, 0.05) is 11.8 Å². The molecular formula is C10H7NO2S. The second-order valence-electron chi connectivity index (χ2n) is 2.57. The van der Waals surface area contributed by atoms with E-state index in [0.717, 1.165) is 17.3 Å². The SMILES string of the molecule is C=CC(=O)Sc1nc2ccccc2o1. The highest BCUT2D eigenvalue weighted by Gasteiger charge is 2.08. The molecule has 0 atom stereocenters. The number of thioether (sulfide) groups is 1. The van der Waals surface area contributed by atoms with Crippen molar-refractivity contribution in [3.05, 3.63) is 36.9 Å². The third-order valence-electron chi connectivity index (χ3n) is 1.63. The van der Waals surface area contributed by atoms with Gasteiger partial charge in [-0.05, 0) is 18.2 Å². The number of aromatic nitrogens is 1. The molecule has 0 aliphatic heterocycles. The minimum Gasteiger partial charge on any atom is -0.431 e. The Balaban J connectivity index is 2.35. The summed E-state index contributed by atoms with van der Waals surface area (Å²) in [7, 11) is 0. The lowest BCUT2D eigenvalue weighted by Gasteiger charge is -1.85. The smallest absolute Gasteiger partial charge is 0.264 e. The molecule has 0 saturated heterocycles. The number of nitrogens with zero attached hydrogens (tertiary/aromatic N) is 1. The first kappa shape index (κ1) is 9.02. The van der Waals surface area contributed by atoms with Crippen LogP contribution < -0.4 is 0 Å². The molecule has 0 saturated carbocycles. The number of fused-ring (bicyclic) bond motifs is 1. The summed E-state index contributed by atoms with van der Waals surface area (Å²) >= 11 is 0.935. The Bertz CT molecular complexity index is 457. The van der Waals surface area contributed by atoms with Gasteiger partial charge in [0.05, 0.1) is 0 Å². The molecule has 2 aromatic rings. The van der Waals surface area contributed by atoms with E-state index in [1.165, 1.54) is 6.08 Å². The zero-order valence-corrected chi connectivity index (χ0v) is 8.08. The summed E-state index contributed by atoms with van der Waals surface area (Å²) in [4.78, 5) is 15.1. The molecule has 0 aliphatic carbocycles. The molecule has 0 fully saturated rings. The molecule has 70 valence electrons. The number of rotatable bonds is 2. The van der Waals surface area contributed by atoms with Crippen LogP contribution in [0.5, 0.6) is 0 Å². The number of carbonyl (C=O) groups excluding carboxylic acids is 1. The molecule has 0 bridgehead atoms. The van der Waals surface area contributed by atoms with E-state index < -0.39 is 0 Å². The molecule has 3 nitrogen and oxygen atoms in total. The maximum Gasteiger partial charge on any atom is 0.264 e. The van der Waals surface area contributed by atoms with Crippen molar-refractivity contribution < 1.29 is 9.21 Å². The van der Waals surface area contributed by atoms with Gasteiger partial charge >= 0.3 is 0 Å². The van der Waals surface area contributed by atoms with Crippen LogP contribution in [-0.2, 0) is 4.79 Å². The summed E-state index contributed by atoms with van der Waals surface area (Å²) in [5.74, 6) is 0. The fraction of sp³-hybridized carbons (Fsp3) is 0. The fourth-order valence-electron chi connectivity index (χ4n) is 1.02. The second kappa shape index (κ2) is 3.67. The van der Waals surface area contributed by atoms with Crippen molar-refractivity contribution in [1.29, 1.82) is 0 Å². The minimum absolute atomic E-state index is 0.170. The van der Waals surface area contributed by atoms with Gasteiger partial charge in [0.15, 0.2) is 5.58 Å². The fourth-order valence-corrected chi connectivity index (χ4v) is 1.55. The first-order chi connectivity index (χ1) is 6.79. The Kier molecular flexibility index (Phi) is 2.37. The Morgan fingerprint density at radius 2 is 2.29 bits per heavy atom. The van der Waals surface area contributed by atoms with Gasteiger partial charge in [-0.1, -0.05) is 18.7 Å². The number of hydrogen-bond acceptors (Lipinski definition) is 4. The van der Waals surface area contributed by atoms with Crippen LogP contribution in [0.1, 0.15) is 0 Å². The van der Waals surface area contributed by atoms with E-state index in [4.69, 9.17) is 4.42 Å². The number of oxazole rings is 1. The second-order valence-corrected chi connectivity index (χ2v) is 3.53. The van der Waals surface area contributed by atoms with Crippen molar-refractivity contribution in [3.63, 3.8) is 0 Å². The standard InChI is InChI=1S/C10H7NO2S/c1-2-9(12)14-10-11-7-5-3-4-6-8(7)13-10/h2-6H,1H2. The van der Waals surface area contributed by atoms with Crippen LogP contribution in [0.4, 0.5) is 0 Å². The van der Waals surface area contributed by atoms with Crippen molar-refractivity contribution in [2.24, 2.45) is 0 Å². The molecule has 1 aromatic heterocycles. The van der Waals surface area contributed by atoms with Crippen LogP contribution in [0.15, 0.2) is 46.6 Å². The lowest BCUT2D eigenvalue weighted by Crippen LogP contribution is -1.82. The molecule has 14 heavy (non-hydrogen) atoms. The number of carbonyl (C=O) groups is 1. The summed E-state index contributed by atoms with van der Waals surface area (Å²) in [5.41, 5.74) is 1.44. The normalized spacial score (nSPS) is 10.3. The van der Waals surface area contributed by atoms with Gasteiger partial charge in [-0.3, -0.25) is 4.79 Å². The highest BCUT2D eigenvalue weighted by Crippen LogP contribution is 2.23. The molecule has 0 spiro atoms. The highest BCUT2D eigenvalue weighted by atomic mass is 32.2. The lowest BCUT2D eigenvalue weighted by atomic mass is 10.3. The van der Waals surface area contributed by atoms with Crippen LogP contribution in [0.25, 0.3) is 11.1 Å². The Morgan fingerprint density at radius 1 is 1.50 bits per heavy atom. The van der Waals surface area contributed by atoms with Gasteiger partial charge in [-0.2, -0.15) is 0 Å². The number of hydrogen-bond donors (Lipinski definition) is 0. The molecular weight excluding hydrogens is 198 g/mol. The summed E-state index contributed by atoms with van der Waals surface area (Å²) < 4.78 is 5.32. The first-order valence-corrected chi connectivity index (χ1v) is 4.81. The maximum absolute atomic E-state index is 11.0. The monoisotopic (exact) mass is 205 g/mol. The van der Waals surface area contributed by atoms with E-state index in [9.17, 15) is 4.79 Å². The largest absolute Gasteiger partial charge is 0.431 e. The molecule has 1 aromatic carbocycles. The van der Waals surface area contributed by atoms with Crippen LogP contribution in [0, 0.1) is 0 Å². The predicted octanol–water partition coefficient (Wildman–Crippen LogP) is 2.63. The van der Waals surface area contributed by atoms with Gasteiger partial charge < -0.3 is 4.42 Å². The average Bonchev–Trinajstić information content (AvgIpc) is 2.59. The van der Waals surface area contributed by atoms with Crippen molar-refractivity contribution in [3.8, 4) is 0 Å². The van der Waals surface area contributed by atoms with E-state index in [2.05, 4.69) is 11.6 Å². The van der Waals surface area contributed by atoms with E-state index in [1.807, 2.05) is 24.3 Å². The van der Waals surface area contributed by atoms with E-state index in [-0.39, 0.29) is 5.12 Å². The Labute approximate surface area is 84.8 Å². The van der Waals surface area contributed by atoms with Crippen LogP contribution in [0.2, 0.25) is 0 Å². The van der Waals surface area contributed by atoms with Crippen molar-refractivity contribution in [2.75, 3.05) is 0 Å². The average molecular weight is 205 g/mol. The molecule has 0 amide bonds. The zero-order valence-electron chi connectivity index (χ0n) is 7.27. The van der Waals surface area contributed by atoms with E-state index >= 15 is 0 Å². The van der Waals surface area contributed by atoms with Crippen molar-refractivity contribution in [2.45, 2.75) is 5.22 Å². The summed E-state index contributed by atoms with van der Waals surface area (Å²) in [6.07, 6.45) is 1.24. The Hall–Kier alpha value is -1.55. The van der Waals surface area contributed by atoms with Crippen LogP contribution >= 0.6 is 11.8 Å². The van der Waals surface area contributed by atoms with Gasteiger partial charge in [-0.15, -0.1) is 0 Å². The van der Waals surface area contributed by atoms with E-state index in [0.29, 0.717) is 10.8 Å². The van der Waals surface area contributed by atoms with Crippen LogP contribution in [0.3, 0.4) is 0 Å². The zero-order chi connectivity index (χ0) is 9.97. The molecule has 0 N–H and O–H groups in total. The molecule has 1 heterocycles. The van der Waals surface area contributed by atoms with Crippen molar-refractivity contribution in [1.82, 2.24) is 4.98 Å². The first-order valence-electron chi connectivity index (χ1n) is 3.99. The van der Waals surface area contributed by atoms with Gasteiger partial charge in [-0.25, -0.2) is 4.98 Å². The molecule has 0 radical (unpaired) electrons. The number of benzene rings is 1. The number of para-hydroxylation sites is 2. The molecule has 4 heteroatoms. The Morgan fingerprint density at radius 3 is 3.00 bits per heavy atom. The topological polar surface area (TPSA) is 43.1 Å². The molecule has 2 rings (SSSR count). The summed E-state index contributed by atoms with van der Waals surface area (Å²) in [5, 5.41) is 0.188. The third-order valence-corrected chi connectivity index (χ3v) is 2.35. The summed E-state index contributed by atoms with van der Waals surface area (Å²) in [6.45, 7) is 3.37. The van der Waals surface area contributed by atoms with Gasteiger partial charge in [0.2, 0.25) is 5.12 Å². The lowest BCUT2D eigenvalue weighted by molar-refractivity contribution is -0.107. The maximum atomic E-state index is 11.0. The molecule has 0 aliphatic rings. The third kappa shape index (κ3) is 1.70. The molecule has 0 unspecified atom stereocenters. The van der Waals surface area contributed by atoms with Gasteiger partial charge in [0.1, 0.15) is 5.52 Å². The quantitative estimate of drug-likeness (QED) is 0.558.